The molecule has 2 amide bonds. The summed E-state index contributed by atoms with van der Waals surface area (Å²) >= 11 is 0. The lowest BCUT2D eigenvalue weighted by Crippen LogP contribution is -2.44. The van der Waals surface area contributed by atoms with Crippen LogP contribution in [0.25, 0.3) is 0 Å². The molecule has 1 unspecified atom stereocenters. The van der Waals surface area contributed by atoms with Crippen LogP contribution in [0.3, 0.4) is 0 Å². The third-order valence-electron chi connectivity index (χ3n) is 5.28. The molecule has 0 fully saturated rings. The molecule has 0 aliphatic carbocycles. The van der Waals surface area contributed by atoms with Gasteiger partial charge in [-0.15, -0.1) is 0 Å². The molecule has 11 heteroatoms. The molecule has 9 nitrogen and oxygen atoms in total. The van der Waals surface area contributed by atoms with Gasteiger partial charge in [-0.25, -0.2) is 17.6 Å². The Morgan fingerprint density at radius 1 is 1.17 bits per heavy atom. The summed E-state index contributed by atoms with van der Waals surface area (Å²) in [5.74, 6) is -0.371. The SMILES string of the molecule is CCC(=O)NCCC1CN(S(=O)(=O)c2ccc(F)cc2)c2cc(NC(=O)OCC(C)(C)C)ccc2O1. The first-order chi connectivity index (χ1) is 16.9. The molecule has 196 valence electrons. The van der Waals surface area contributed by atoms with E-state index >= 15 is 0 Å². The number of hydrogen-bond donors (Lipinski definition) is 2. The number of nitrogens with one attached hydrogen (secondary N) is 2. The fourth-order valence-electron chi connectivity index (χ4n) is 3.44. The van der Waals surface area contributed by atoms with Crippen molar-refractivity contribution in [3.05, 3.63) is 48.3 Å². The largest absolute Gasteiger partial charge is 0.486 e. The van der Waals surface area contributed by atoms with E-state index in [9.17, 15) is 22.4 Å². The molecule has 1 aliphatic rings. The maximum Gasteiger partial charge on any atom is 0.411 e. The first kappa shape index (κ1) is 27.3. The zero-order valence-corrected chi connectivity index (χ0v) is 21.7. The minimum absolute atomic E-state index is 0.0351. The van der Waals surface area contributed by atoms with Crippen molar-refractivity contribution >= 4 is 33.4 Å². The Morgan fingerprint density at radius 2 is 1.86 bits per heavy atom. The number of benzene rings is 2. The minimum atomic E-state index is -4.09. The van der Waals surface area contributed by atoms with Gasteiger partial charge in [0.2, 0.25) is 5.91 Å². The predicted molar refractivity (Wildman–Crippen MR) is 134 cm³/mol. The lowest BCUT2D eigenvalue weighted by Gasteiger charge is -2.36. The summed E-state index contributed by atoms with van der Waals surface area (Å²) in [7, 11) is -4.09. The lowest BCUT2D eigenvalue weighted by atomic mass is 9.99. The van der Waals surface area contributed by atoms with E-state index in [1.54, 1.807) is 19.1 Å². The Kier molecular flexibility index (Phi) is 8.44. The number of carbonyl (C=O) groups is 2. The lowest BCUT2D eigenvalue weighted by molar-refractivity contribution is -0.120. The van der Waals surface area contributed by atoms with Gasteiger partial charge in [0.1, 0.15) is 17.7 Å². The predicted octanol–water partition coefficient (Wildman–Crippen LogP) is 4.29. The van der Waals surface area contributed by atoms with Crippen LogP contribution in [0.5, 0.6) is 5.75 Å². The van der Waals surface area contributed by atoms with E-state index in [-0.39, 0.29) is 35.1 Å². The standard InChI is InChI=1S/C25H32FN3O6S/c1-5-23(30)27-13-12-19-15-29(36(32,33)20-9-6-17(26)7-10-20)21-14-18(8-11-22(21)35-19)28-24(31)34-16-25(2,3)4/h6-11,14,19H,5,12-13,15-16H2,1-4H3,(H,27,30)(H,28,31). The number of sulfonamides is 1. The summed E-state index contributed by atoms with van der Waals surface area (Å²) in [6, 6.07) is 9.19. The molecule has 3 rings (SSSR count). The van der Waals surface area contributed by atoms with Crippen molar-refractivity contribution < 1.29 is 31.9 Å². The van der Waals surface area contributed by atoms with Crippen LogP contribution in [0.4, 0.5) is 20.6 Å². The Labute approximate surface area is 211 Å². The molecule has 2 aromatic carbocycles. The Morgan fingerprint density at radius 3 is 2.50 bits per heavy atom. The van der Waals surface area contributed by atoms with E-state index in [0.29, 0.717) is 30.8 Å². The topological polar surface area (TPSA) is 114 Å². The van der Waals surface area contributed by atoms with Crippen LogP contribution in [0.15, 0.2) is 47.4 Å². The Hall–Kier alpha value is -3.34. The molecule has 0 saturated carbocycles. The molecular weight excluding hydrogens is 489 g/mol. The van der Waals surface area contributed by atoms with Gasteiger partial charge in [0.15, 0.2) is 0 Å². The smallest absolute Gasteiger partial charge is 0.411 e. The van der Waals surface area contributed by atoms with Crippen LogP contribution >= 0.6 is 0 Å². The van der Waals surface area contributed by atoms with E-state index in [2.05, 4.69) is 10.6 Å². The molecular formula is C25H32FN3O6S. The molecule has 0 aromatic heterocycles. The molecule has 0 spiro atoms. The van der Waals surface area contributed by atoms with Crippen LogP contribution in [0.2, 0.25) is 0 Å². The van der Waals surface area contributed by atoms with Gasteiger partial charge >= 0.3 is 6.09 Å². The average Bonchev–Trinajstić information content (AvgIpc) is 2.82. The number of anilines is 2. The average molecular weight is 522 g/mol. The summed E-state index contributed by atoms with van der Waals surface area (Å²) in [4.78, 5) is 23.7. The highest BCUT2D eigenvalue weighted by Gasteiger charge is 2.35. The molecule has 0 bridgehead atoms. The van der Waals surface area contributed by atoms with E-state index in [1.807, 2.05) is 20.8 Å². The maximum atomic E-state index is 13.5. The number of fused-ring (bicyclic) bond motifs is 1. The van der Waals surface area contributed by atoms with Gasteiger partial charge in [0, 0.05) is 25.1 Å². The molecule has 0 saturated heterocycles. The van der Waals surface area contributed by atoms with E-state index in [1.165, 1.54) is 22.5 Å². The van der Waals surface area contributed by atoms with Gasteiger partial charge in [-0.2, -0.15) is 0 Å². The van der Waals surface area contributed by atoms with E-state index in [4.69, 9.17) is 9.47 Å². The Bertz CT molecular complexity index is 1200. The number of amides is 2. The first-order valence-corrected chi connectivity index (χ1v) is 13.1. The molecule has 0 radical (unpaired) electrons. The molecule has 36 heavy (non-hydrogen) atoms. The number of carbonyl (C=O) groups excluding carboxylic acids is 2. The van der Waals surface area contributed by atoms with Gasteiger partial charge in [0.25, 0.3) is 10.0 Å². The number of rotatable bonds is 8. The molecule has 2 N–H and O–H groups in total. The minimum Gasteiger partial charge on any atom is -0.486 e. The van der Waals surface area contributed by atoms with Gasteiger partial charge in [-0.3, -0.25) is 14.4 Å². The molecule has 2 aromatic rings. The zero-order valence-electron chi connectivity index (χ0n) is 20.8. The third-order valence-corrected chi connectivity index (χ3v) is 7.08. The van der Waals surface area contributed by atoms with Gasteiger partial charge in [-0.05, 0) is 47.9 Å². The summed E-state index contributed by atoms with van der Waals surface area (Å²) in [5.41, 5.74) is 0.332. The van der Waals surface area contributed by atoms with Crippen molar-refractivity contribution in [3.8, 4) is 5.75 Å². The van der Waals surface area contributed by atoms with Gasteiger partial charge < -0.3 is 14.8 Å². The zero-order chi connectivity index (χ0) is 26.5. The van der Waals surface area contributed by atoms with Crippen molar-refractivity contribution in [2.45, 2.75) is 51.5 Å². The van der Waals surface area contributed by atoms with Crippen LogP contribution in [0.1, 0.15) is 40.5 Å². The van der Waals surface area contributed by atoms with Gasteiger partial charge in [0.05, 0.1) is 23.7 Å². The number of halogens is 1. The summed E-state index contributed by atoms with van der Waals surface area (Å²) in [5, 5.41) is 5.37. The quantitative estimate of drug-likeness (QED) is 0.536. The number of hydrogen-bond acceptors (Lipinski definition) is 6. The molecule has 1 aliphatic heterocycles. The van der Waals surface area contributed by atoms with Crippen molar-refractivity contribution in [3.63, 3.8) is 0 Å². The van der Waals surface area contributed by atoms with Gasteiger partial charge in [-0.1, -0.05) is 27.7 Å². The summed E-state index contributed by atoms with van der Waals surface area (Å²) < 4.78 is 53.0. The van der Waals surface area contributed by atoms with Crippen molar-refractivity contribution in [2.75, 3.05) is 29.3 Å². The second-order valence-electron chi connectivity index (χ2n) is 9.67. The summed E-state index contributed by atoms with van der Waals surface area (Å²) in [6.07, 6.45) is -0.493. The van der Waals surface area contributed by atoms with Crippen LogP contribution in [-0.4, -0.2) is 46.2 Å². The van der Waals surface area contributed by atoms with Crippen LogP contribution in [-0.2, 0) is 19.6 Å². The third kappa shape index (κ3) is 7.09. The molecule has 1 heterocycles. The second-order valence-corrected chi connectivity index (χ2v) is 11.5. The van der Waals surface area contributed by atoms with E-state index < -0.39 is 28.0 Å². The van der Waals surface area contributed by atoms with Crippen molar-refractivity contribution in [1.29, 1.82) is 0 Å². The van der Waals surface area contributed by atoms with E-state index in [0.717, 1.165) is 12.1 Å². The normalized spacial score (nSPS) is 15.5. The van der Waals surface area contributed by atoms with Crippen molar-refractivity contribution in [2.24, 2.45) is 5.41 Å². The highest BCUT2D eigenvalue weighted by Crippen LogP contribution is 2.39. The second kappa shape index (κ2) is 11.2. The molecule has 1 atom stereocenters. The number of nitrogens with zero attached hydrogens (tertiary/aromatic N) is 1. The Balaban J connectivity index is 1.89. The highest BCUT2D eigenvalue weighted by atomic mass is 32.2. The number of ether oxygens (including phenoxy) is 2. The van der Waals surface area contributed by atoms with Crippen LogP contribution in [0, 0.1) is 11.2 Å². The van der Waals surface area contributed by atoms with Crippen LogP contribution < -0.4 is 19.7 Å². The maximum absolute atomic E-state index is 13.5. The summed E-state index contributed by atoms with van der Waals surface area (Å²) in [6.45, 7) is 8.01. The fourth-order valence-corrected chi connectivity index (χ4v) is 4.93. The fraction of sp³-hybridized carbons (Fsp3) is 0.440. The first-order valence-electron chi connectivity index (χ1n) is 11.7. The monoisotopic (exact) mass is 521 g/mol. The van der Waals surface area contributed by atoms with Crippen molar-refractivity contribution in [1.82, 2.24) is 5.32 Å². The highest BCUT2D eigenvalue weighted by molar-refractivity contribution is 7.92.